The number of hydrogen-bond acceptors (Lipinski definition) is 4. The fraction of sp³-hybridized carbons (Fsp3) is 0.400. The summed E-state index contributed by atoms with van der Waals surface area (Å²) in [5.74, 6) is 0.651. The van der Waals surface area contributed by atoms with Crippen LogP contribution in [-0.2, 0) is 10.0 Å². The Hall–Kier alpha value is -2.09. The second-order valence-electron chi connectivity index (χ2n) is 6.86. The van der Waals surface area contributed by atoms with E-state index in [4.69, 9.17) is 4.74 Å². The molecule has 1 heterocycles. The first-order valence-electron chi connectivity index (χ1n) is 9.24. The molecule has 0 saturated carbocycles. The molecule has 146 valence electrons. The summed E-state index contributed by atoms with van der Waals surface area (Å²) in [7, 11) is -2.21. The first kappa shape index (κ1) is 19.7. The number of nitrogens with zero attached hydrogens (tertiary/aromatic N) is 1. The number of aliphatic hydroxyl groups is 1. The average Bonchev–Trinajstić information content (AvgIpc) is 3.20. The predicted molar refractivity (Wildman–Crippen MR) is 105 cm³/mol. The summed E-state index contributed by atoms with van der Waals surface area (Å²) in [5.41, 5.74) is 0.509. The standard InChI is InChI=1S/C20H26N2O4S/c1-26-19-11-9-17(10-12-19)22(16-18(23)15-21-13-5-6-14-21)27(24,25)20-7-3-2-4-8-20/h2-4,7-12,18,23H,5-6,13-16H2,1H3/p+1/t18-/m1/s1. The third-order valence-electron chi connectivity index (χ3n) is 4.90. The highest BCUT2D eigenvalue weighted by Gasteiger charge is 2.29. The molecule has 7 heteroatoms. The Morgan fingerprint density at radius 3 is 2.30 bits per heavy atom. The van der Waals surface area contributed by atoms with Gasteiger partial charge < -0.3 is 14.7 Å². The Bertz CT molecular complexity index is 819. The zero-order valence-electron chi connectivity index (χ0n) is 15.5. The van der Waals surface area contributed by atoms with Gasteiger partial charge in [-0.3, -0.25) is 4.31 Å². The number of benzene rings is 2. The molecule has 0 radical (unpaired) electrons. The van der Waals surface area contributed by atoms with Crippen LogP contribution in [0.2, 0.25) is 0 Å². The maximum Gasteiger partial charge on any atom is 0.264 e. The molecule has 0 aliphatic carbocycles. The molecule has 0 unspecified atom stereocenters. The van der Waals surface area contributed by atoms with Gasteiger partial charge in [-0.1, -0.05) is 18.2 Å². The van der Waals surface area contributed by atoms with E-state index >= 15 is 0 Å². The van der Waals surface area contributed by atoms with Crippen LogP contribution in [0.5, 0.6) is 5.75 Å². The number of likely N-dealkylation sites (tertiary alicyclic amines) is 1. The van der Waals surface area contributed by atoms with E-state index in [2.05, 4.69) is 0 Å². The number of sulfonamides is 1. The smallest absolute Gasteiger partial charge is 0.264 e. The number of hydrogen-bond donors (Lipinski definition) is 2. The number of methoxy groups -OCH3 is 1. The van der Waals surface area contributed by atoms with Crippen molar-refractivity contribution in [3.63, 3.8) is 0 Å². The normalized spacial score (nSPS) is 16.2. The Balaban J connectivity index is 1.87. The van der Waals surface area contributed by atoms with Crippen LogP contribution >= 0.6 is 0 Å². The molecular formula is C20H27N2O4S+. The minimum absolute atomic E-state index is 0.0209. The van der Waals surface area contributed by atoms with Gasteiger partial charge in [0.25, 0.3) is 10.0 Å². The van der Waals surface area contributed by atoms with Gasteiger partial charge in [-0.05, 0) is 36.4 Å². The first-order valence-corrected chi connectivity index (χ1v) is 10.7. The molecule has 1 saturated heterocycles. The molecule has 2 aromatic carbocycles. The molecular weight excluding hydrogens is 364 g/mol. The molecule has 1 aliphatic rings. The van der Waals surface area contributed by atoms with E-state index in [1.165, 1.54) is 9.21 Å². The van der Waals surface area contributed by atoms with Crippen molar-refractivity contribution in [2.45, 2.75) is 23.8 Å². The summed E-state index contributed by atoms with van der Waals surface area (Å²) in [6.45, 7) is 2.64. The van der Waals surface area contributed by atoms with Gasteiger partial charge in [0.15, 0.2) is 0 Å². The van der Waals surface area contributed by atoms with E-state index in [0.29, 0.717) is 18.0 Å². The lowest BCUT2D eigenvalue weighted by Gasteiger charge is -2.27. The van der Waals surface area contributed by atoms with E-state index in [9.17, 15) is 13.5 Å². The number of anilines is 1. The lowest BCUT2D eigenvalue weighted by Crippen LogP contribution is -3.11. The SMILES string of the molecule is COc1ccc(N(C[C@H](O)C[NH+]2CCCC2)S(=O)(=O)c2ccccc2)cc1. The lowest BCUT2D eigenvalue weighted by atomic mass is 10.2. The molecule has 0 amide bonds. The number of ether oxygens (including phenoxy) is 1. The summed E-state index contributed by atoms with van der Waals surface area (Å²) in [6, 6.07) is 15.2. The lowest BCUT2D eigenvalue weighted by molar-refractivity contribution is -0.890. The number of nitrogens with one attached hydrogen (secondary N) is 1. The molecule has 2 N–H and O–H groups in total. The van der Waals surface area contributed by atoms with E-state index in [1.807, 2.05) is 0 Å². The van der Waals surface area contributed by atoms with Crippen LogP contribution < -0.4 is 13.9 Å². The summed E-state index contributed by atoms with van der Waals surface area (Å²) < 4.78 is 32.9. The van der Waals surface area contributed by atoms with Crippen molar-refractivity contribution in [3.05, 3.63) is 54.6 Å². The second-order valence-corrected chi connectivity index (χ2v) is 8.72. The number of quaternary nitrogens is 1. The Kier molecular flexibility index (Phi) is 6.36. The maximum absolute atomic E-state index is 13.2. The van der Waals surface area contributed by atoms with E-state index < -0.39 is 16.1 Å². The van der Waals surface area contributed by atoms with Crippen molar-refractivity contribution >= 4 is 15.7 Å². The van der Waals surface area contributed by atoms with Gasteiger partial charge >= 0.3 is 0 Å². The fourth-order valence-corrected chi connectivity index (χ4v) is 5.00. The predicted octanol–water partition coefficient (Wildman–Crippen LogP) is 0.930. The molecule has 3 rings (SSSR count). The van der Waals surface area contributed by atoms with Crippen molar-refractivity contribution in [3.8, 4) is 5.75 Å². The van der Waals surface area contributed by atoms with Crippen LogP contribution in [0.25, 0.3) is 0 Å². The molecule has 1 fully saturated rings. The monoisotopic (exact) mass is 391 g/mol. The Morgan fingerprint density at radius 2 is 1.70 bits per heavy atom. The molecule has 2 aromatic rings. The van der Waals surface area contributed by atoms with Crippen molar-refractivity contribution in [1.29, 1.82) is 0 Å². The molecule has 27 heavy (non-hydrogen) atoms. The van der Waals surface area contributed by atoms with Gasteiger partial charge in [0, 0.05) is 12.8 Å². The van der Waals surface area contributed by atoms with Crippen molar-refractivity contribution < 1.29 is 23.2 Å². The van der Waals surface area contributed by atoms with Gasteiger partial charge in [0.05, 0.1) is 37.3 Å². The summed E-state index contributed by atoms with van der Waals surface area (Å²) in [6.07, 6.45) is 1.58. The highest BCUT2D eigenvalue weighted by atomic mass is 32.2. The molecule has 1 aliphatic heterocycles. The quantitative estimate of drug-likeness (QED) is 0.702. The Morgan fingerprint density at radius 1 is 1.07 bits per heavy atom. The van der Waals surface area contributed by atoms with Crippen LogP contribution in [0.15, 0.2) is 59.5 Å². The van der Waals surface area contributed by atoms with E-state index in [0.717, 1.165) is 25.9 Å². The highest BCUT2D eigenvalue weighted by molar-refractivity contribution is 7.92. The van der Waals surface area contributed by atoms with E-state index in [1.54, 1.807) is 61.7 Å². The Labute approximate surface area is 161 Å². The minimum Gasteiger partial charge on any atom is -0.497 e. The third kappa shape index (κ3) is 4.80. The van der Waals surface area contributed by atoms with Crippen molar-refractivity contribution in [2.24, 2.45) is 0 Å². The zero-order chi connectivity index (χ0) is 19.3. The van der Waals surface area contributed by atoms with Crippen LogP contribution in [0.4, 0.5) is 5.69 Å². The zero-order valence-corrected chi connectivity index (χ0v) is 16.4. The summed E-state index contributed by atoms with van der Waals surface area (Å²) in [5, 5.41) is 10.6. The molecule has 0 bridgehead atoms. The topological polar surface area (TPSA) is 71.3 Å². The minimum atomic E-state index is -3.78. The van der Waals surface area contributed by atoms with Gasteiger partial charge in [-0.25, -0.2) is 8.42 Å². The first-order chi connectivity index (χ1) is 13.0. The van der Waals surface area contributed by atoms with Gasteiger partial charge in [-0.15, -0.1) is 0 Å². The highest BCUT2D eigenvalue weighted by Crippen LogP contribution is 2.26. The van der Waals surface area contributed by atoms with Gasteiger partial charge in [0.1, 0.15) is 18.4 Å². The molecule has 0 aromatic heterocycles. The average molecular weight is 392 g/mol. The molecule has 6 nitrogen and oxygen atoms in total. The third-order valence-corrected chi connectivity index (χ3v) is 6.71. The van der Waals surface area contributed by atoms with Crippen LogP contribution in [0.3, 0.4) is 0 Å². The van der Waals surface area contributed by atoms with Crippen molar-refractivity contribution in [1.82, 2.24) is 0 Å². The van der Waals surface area contributed by atoms with Crippen LogP contribution in [0, 0.1) is 0 Å². The van der Waals surface area contributed by atoms with Crippen LogP contribution in [-0.4, -0.2) is 52.9 Å². The summed E-state index contributed by atoms with van der Waals surface area (Å²) >= 11 is 0. The summed E-state index contributed by atoms with van der Waals surface area (Å²) in [4.78, 5) is 1.54. The number of aliphatic hydroxyl groups excluding tert-OH is 1. The van der Waals surface area contributed by atoms with Crippen molar-refractivity contribution in [2.75, 3.05) is 37.6 Å². The molecule has 1 atom stereocenters. The largest absolute Gasteiger partial charge is 0.497 e. The van der Waals surface area contributed by atoms with Crippen LogP contribution in [0.1, 0.15) is 12.8 Å². The van der Waals surface area contributed by atoms with E-state index in [-0.39, 0.29) is 11.4 Å². The van der Waals surface area contributed by atoms with Gasteiger partial charge in [0.2, 0.25) is 0 Å². The fourth-order valence-electron chi connectivity index (χ4n) is 3.48. The second kappa shape index (κ2) is 8.73. The number of rotatable bonds is 8. The molecule has 0 spiro atoms. The maximum atomic E-state index is 13.2. The van der Waals surface area contributed by atoms with Gasteiger partial charge in [-0.2, -0.15) is 0 Å².